The van der Waals surface area contributed by atoms with Crippen LogP contribution in [0, 0.1) is 18.8 Å². The predicted molar refractivity (Wildman–Crippen MR) is 66.6 cm³/mol. The number of nitrogens with zero attached hydrogens (tertiary/aromatic N) is 2. The van der Waals surface area contributed by atoms with Gasteiger partial charge in [0.1, 0.15) is 0 Å². The van der Waals surface area contributed by atoms with Gasteiger partial charge in [-0.15, -0.1) is 0 Å². The summed E-state index contributed by atoms with van der Waals surface area (Å²) in [6.07, 6.45) is -2.21. The zero-order valence-electron chi connectivity index (χ0n) is 11.4. The molecule has 9 heteroatoms. The van der Waals surface area contributed by atoms with Crippen LogP contribution >= 0.6 is 0 Å². The van der Waals surface area contributed by atoms with Gasteiger partial charge in [0.2, 0.25) is 22.3 Å². The molecule has 1 aromatic rings. The van der Waals surface area contributed by atoms with Crippen LogP contribution in [0.2, 0.25) is 0 Å². The number of sulfonamides is 1. The average molecular weight is 309 g/mol. The Morgan fingerprint density at radius 2 is 2.15 bits per heavy atom. The monoisotopic (exact) mass is 309 g/mol. The first-order chi connectivity index (χ1) is 9.11. The van der Waals surface area contributed by atoms with Gasteiger partial charge in [-0.1, -0.05) is 5.16 Å². The third-order valence-corrected chi connectivity index (χ3v) is 4.92. The molecule has 114 valence electrons. The standard InChI is InChI=1S/C11H17F2N3O3S/c1-6-14-10(15-19-6)11(2,3)16-20(17,18)5-7-4-8(7)9(12)13/h7-9,16H,4-5H2,1-3H3/t7-,8+/m0/s1. The summed E-state index contributed by atoms with van der Waals surface area (Å²) < 4.78 is 56.1. The molecule has 0 spiro atoms. The Morgan fingerprint density at radius 3 is 2.60 bits per heavy atom. The molecule has 2 rings (SSSR count). The topological polar surface area (TPSA) is 85.1 Å². The first-order valence-electron chi connectivity index (χ1n) is 6.21. The number of aromatic nitrogens is 2. The number of hydrogen-bond acceptors (Lipinski definition) is 5. The maximum Gasteiger partial charge on any atom is 0.241 e. The van der Waals surface area contributed by atoms with Crippen molar-refractivity contribution >= 4 is 10.0 Å². The van der Waals surface area contributed by atoms with E-state index >= 15 is 0 Å². The van der Waals surface area contributed by atoms with Gasteiger partial charge in [-0.25, -0.2) is 21.9 Å². The summed E-state index contributed by atoms with van der Waals surface area (Å²) in [6.45, 7) is 4.77. The van der Waals surface area contributed by atoms with E-state index in [4.69, 9.17) is 4.52 Å². The van der Waals surface area contributed by atoms with Gasteiger partial charge in [0.15, 0.2) is 5.82 Å². The molecule has 20 heavy (non-hydrogen) atoms. The Labute approximate surface area is 116 Å². The molecule has 1 aromatic heterocycles. The number of nitrogens with one attached hydrogen (secondary N) is 1. The highest BCUT2D eigenvalue weighted by molar-refractivity contribution is 7.89. The van der Waals surface area contributed by atoms with Crippen molar-refractivity contribution < 1.29 is 21.7 Å². The Bertz CT molecular complexity index is 585. The number of hydrogen-bond donors (Lipinski definition) is 1. The van der Waals surface area contributed by atoms with Crippen LogP contribution in [0.25, 0.3) is 0 Å². The lowest BCUT2D eigenvalue weighted by Crippen LogP contribution is -2.43. The van der Waals surface area contributed by atoms with Gasteiger partial charge in [0, 0.05) is 12.8 Å². The highest BCUT2D eigenvalue weighted by Crippen LogP contribution is 2.43. The fourth-order valence-electron chi connectivity index (χ4n) is 2.08. The minimum absolute atomic E-state index is 0.208. The van der Waals surface area contributed by atoms with Gasteiger partial charge in [0.05, 0.1) is 11.3 Å². The van der Waals surface area contributed by atoms with Crippen LogP contribution in [0.15, 0.2) is 4.52 Å². The first kappa shape index (κ1) is 15.3. The van der Waals surface area contributed by atoms with Crippen LogP contribution in [0.4, 0.5) is 8.78 Å². The lowest BCUT2D eigenvalue weighted by Gasteiger charge is -2.22. The van der Waals surface area contributed by atoms with Gasteiger partial charge in [-0.3, -0.25) is 0 Å². The predicted octanol–water partition coefficient (Wildman–Crippen LogP) is 1.43. The quantitative estimate of drug-likeness (QED) is 0.859. The summed E-state index contributed by atoms with van der Waals surface area (Å²) in [6, 6.07) is 0. The zero-order chi connectivity index (χ0) is 15.1. The van der Waals surface area contributed by atoms with Crippen molar-refractivity contribution in [2.75, 3.05) is 5.75 Å². The normalized spacial score (nSPS) is 23.3. The summed E-state index contributed by atoms with van der Waals surface area (Å²) in [5, 5.41) is 3.68. The van der Waals surface area contributed by atoms with E-state index in [1.165, 1.54) is 0 Å². The number of rotatable bonds is 6. The van der Waals surface area contributed by atoms with Crippen LogP contribution in [0.5, 0.6) is 0 Å². The maximum atomic E-state index is 12.4. The van der Waals surface area contributed by atoms with Crippen LogP contribution in [-0.4, -0.2) is 30.7 Å². The van der Waals surface area contributed by atoms with Crippen LogP contribution in [0.3, 0.4) is 0 Å². The summed E-state index contributed by atoms with van der Waals surface area (Å²) in [4.78, 5) is 3.98. The third kappa shape index (κ3) is 3.51. The van der Waals surface area contributed by atoms with Crippen LogP contribution in [-0.2, 0) is 15.6 Å². The van der Waals surface area contributed by atoms with Gasteiger partial charge in [-0.05, 0) is 26.2 Å². The SMILES string of the molecule is Cc1nc(C(C)(C)NS(=O)(=O)C[C@@H]2C[C@H]2C(F)F)no1. The minimum Gasteiger partial charge on any atom is -0.340 e. The Kier molecular flexibility index (Phi) is 3.85. The molecule has 6 nitrogen and oxygen atoms in total. The molecule has 0 bridgehead atoms. The average Bonchev–Trinajstić information content (AvgIpc) is 2.86. The van der Waals surface area contributed by atoms with Crippen molar-refractivity contribution in [3.8, 4) is 0 Å². The van der Waals surface area contributed by atoms with Crippen molar-refractivity contribution in [3.05, 3.63) is 11.7 Å². The van der Waals surface area contributed by atoms with Crippen molar-refractivity contribution in [2.45, 2.75) is 39.2 Å². The molecule has 0 amide bonds. The summed E-state index contributed by atoms with van der Waals surface area (Å²) in [7, 11) is -3.69. The summed E-state index contributed by atoms with van der Waals surface area (Å²) >= 11 is 0. The van der Waals surface area contributed by atoms with E-state index in [1.807, 2.05) is 0 Å². The van der Waals surface area contributed by atoms with Gasteiger partial charge in [-0.2, -0.15) is 4.98 Å². The lowest BCUT2D eigenvalue weighted by molar-refractivity contribution is 0.117. The number of aryl methyl sites for hydroxylation is 1. The molecule has 2 atom stereocenters. The second-order valence-corrected chi connectivity index (χ2v) is 7.41. The molecular formula is C11H17F2N3O3S. The van der Waals surface area contributed by atoms with E-state index in [1.54, 1.807) is 20.8 Å². The molecule has 1 aliphatic rings. The summed E-state index contributed by atoms with van der Waals surface area (Å²) in [5.41, 5.74) is -1.05. The molecule has 1 aliphatic carbocycles. The molecular weight excluding hydrogens is 292 g/mol. The van der Waals surface area contributed by atoms with Gasteiger partial charge < -0.3 is 4.52 Å². The largest absolute Gasteiger partial charge is 0.340 e. The van der Waals surface area contributed by atoms with E-state index in [0.29, 0.717) is 5.89 Å². The van der Waals surface area contributed by atoms with Crippen molar-refractivity contribution in [1.29, 1.82) is 0 Å². The number of alkyl halides is 2. The third-order valence-electron chi connectivity index (χ3n) is 3.23. The highest BCUT2D eigenvalue weighted by Gasteiger charge is 2.47. The zero-order valence-corrected chi connectivity index (χ0v) is 12.2. The molecule has 1 saturated carbocycles. The van der Waals surface area contributed by atoms with Gasteiger partial charge in [0.25, 0.3) is 0 Å². The summed E-state index contributed by atoms with van der Waals surface area (Å²) in [5.74, 6) is -1.05. The second-order valence-electron chi connectivity index (χ2n) is 5.64. The molecule has 0 unspecified atom stereocenters. The fourth-order valence-corrected chi connectivity index (χ4v) is 3.98. The van der Waals surface area contributed by atoms with Crippen LogP contribution < -0.4 is 4.72 Å². The van der Waals surface area contributed by atoms with E-state index in [9.17, 15) is 17.2 Å². The smallest absolute Gasteiger partial charge is 0.241 e. The van der Waals surface area contributed by atoms with Crippen LogP contribution in [0.1, 0.15) is 32.0 Å². The van der Waals surface area contributed by atoms with Gasteiger partial charge >= 0.3 is 0 Å². The maximum absolute atomic E-state index is 12.4. The van der Waals surface area contributed by atoms with E-state index in [2.05, 4.69) is 14.9 Å². The van der Waals surface area contributed by atoms with Crippen molar-refractivity contribution in [2.24, 2.45) is 11.8 Å². The molecule has 0 radical (unpaired) electrons. The lowest BCUT2D eigenvalue weighted by atomic mass is 10.1. The Hall–Kier alpha value is -1.09. The highest BCUT2D eigenvalue weighted by atomic mass is 32.2. The number of halogens is 2. The first-order valence-corrected chi connectivity index (χ1v) is 7.86. The molecule has 0 saturated heterocycles. The molecule has 0 aliphatic heterocycles. The van der Waals surface area contributed by atoms with E-state index in [-0.39, 0.29) is 18.0 Å². The fraction of sp³-hybridized carbons (Fsp3) is 0.818. The molecule has 1 fully saturated rings. The Morgan fingerprint density at radius 1 is 1.50 bits per heavy atom. The van der Waals surface area contributed by atoms with E-state index in [0.717, 1.165) is 0 Å². The van der Waals surface area contributed by atoms with E-state index < -0.39 is 33.8 Å². The van der Waals surface area contributed by atoms with Crippen molar-refractivity contribution in [1.82, 2.24) is 14.9 Å². The molecule has 1 heterocycles. The Balaban J connectivity index is 2.01. The molecule has 0 aromatic carbocycles. The van der Waals surface area contributed by atoms with Crippen molar-refractivity contribution in [3.63, 3.8) is 0 Å². The minimum atomic E-state index is -3.69. The second kappa shape index (κ2) is 5.03. The molecule has 1 N–H and O–H groups in total.